The molecule has 0 heterocycles. The molecule has 3 heteroatoms. The van der Waals surface area contributed by atoms with E-state index in [-0.39, 0.29) is 0 Å². The number of aryl methyl sites for hydroxylation is 1. The SMILES string of the molecule is C/C=C(\C(C)O)[S@@](=O)c1ccc(C)cc1. The van der Waals surface area contributed by atoms with Crippen LogP contribution >= 0.6 is 0 Å². The van der Waals surface area contributed by atoms with E-state index in [2.05, 4.69) is 0 Å². The molecule has 15 heavy (non-hydrogen) atoms. The Morgan fingerprint density at radius 2 is 1.93 bits per heavy atom. The van der Waals surface area contributed by atoms with Crippen LogP contribution in [-0.2, 0) is 10.8 Å². The van der Waals surface area contributed by atoms with Crippen molar-refractivity contribution in [3.63, 3.8) is 0 Å². The minimum atomic E-state index is -1.25. The van der Waals surface area contributed by atoms with Gasteiger partial charge in [-0.05, 0) is 32.9 Å². The van der Waals surface area contributed by atoms with Gasteiger partial charge in [0.25, 0.3) is 0 Å². The van der Waals surface area contributed by atoms with Crippen LogP contribution in [0.1, 0.15) is 19.4 Å². The lowest BCUT2D eigenvalue weighted by Gasteiger charge is -2.09. The van der Waals surface area contributed by atoms with Crippen molar-refractivity contribution in [2.45, 2.75) is 31.8 Å². The largest absolute Gasteiger partial charge is 0.388 e. The third kappa shape index (κ3) is 3.01. The van der Waals surface area contributed by atoms with Crippen LogP contribution in [0.25, 0.3) is 0 Å². The van der Waals surface area contributed by atoms with E-state index in [1.807, 2.05) is 31.2 Å². The van der Waals surface area contributed by atoms with E-state index in [0.29, 0.717) is 4.91 Å². The Kier molecular flexibility index (Phi) is 4.24. The lowest BCUT2D eigenvalue weighted by molar-refractivity contribution is 0.239. The summed E-state index contributed by atoms with van der Waals surface area (Å²) in [6.07, 6.45) is 1.04. The summed E-state index contributed by atoms with van der Waals surface area (Å²) in [5.74, 6) is 0. The van der Waals surface area contributed by atoms with Crippen molar-refractivity contribution in [1.82, 2.24) is 0 Å². The minimum Gasteiger partial charge on any atom is -0.388 e. The maximum absolute atomic E-state index is 12.0. The second-order valence-electron chi connectivity index (χ2n) is 3.45. The zero-order valence-corrected chi connectivity index (χ0v) is 10.0. The van der Waals surface area contributed by atoms with E-state index in [4.69, 9.17) is 0 Å². The summed E-state index contributed by atoms with van der Waals surface area (Å²) in [7, 11) is -1.25. The smallest absolute Gasteiger partial charge is 0.0845 e. The minimum absolute atomic E-state index is 0.554. The van der Waals surface area contributed by atoms with Crippen LogP contribution in [0.4, 0.5) is 0 Å². The first kappa shape index (κ1) is 12.1. The summed E-state index contributed by atoms with van der Waals surface area (Å²) >= 11 is 0. The van der Waals surface area contributed by atoms with Gasteiger partial charge in [0.1, 0.15) is 0 Å². The normalized spacial score (nSPS) is 16.1. The Labute approximate surface area is 93.1 Å². The molecule has 1 rings (SSSR count). The fourth-order valence-electron chi connectivity index (χ4n) is 1.30. The maximum atomic E-state index is 12.0. The van der Waals surface area contributed by atoms with E-state index >= 15 is 0 Å². The molecule has 1 unspecified atom stereocenters. The fourth-order valence-corrected chi connectivity index (χ4v) is 2.48. The average Bonchev–Trinajstić information content (AvgIpc) is 2.19. The van der Waals surface area contributed by atoms with Crippen molar-refractivity contribution in [2.24, 2.45) is 0 Å². The molecule has 0 aliphatic carbocycles. The van der Waals surface area contributed by atoms with Crippen LogP contribution in [0.5, 0.6) is 0 Å². The van der Waals surface area contributed by atoms with Gasteiger partial charge in [0.15, 0.2) is 0 Å². The van der Waals surface area contributed by atoms with Gasteiger partial charge in [-0.2, -0.15) is 0 Å². The van der Waals surface area contributed by atoms with E-state index in [9.17, 15) is 9.32 Å². The molecule has 0 bridgehead atoms. The highest BCUT2D eigenvalue weighted by Crippen LogP contribution is 2.17. The predicted octanol–water partition coefficient (Wildman–Crippen LogP) is 2.39. The van der Waals surface area contributed by atoms with E-state index in [1.165, 1.54) is 0 Å². The highest BCUT2D eigenvalue weighted by Gasteiger charge is 2.13. The van der Waals surface area contributed by atoms with Gasteiger partial charge in [0, 0.05) is 9.80 Å². The van der Waals surface area contributed by atoms with E-state index in [1.54, 1.807) is 19.9 Å². The molecular weight excluding hydrogens is 208 g/mol. The third-order valence-corrected chi connectivity index (χ3v) is 3.85. The molecular formula is C12H16O2S. The van der Waals surface area contributed by atoms with Crippen molar-refractivity contribution in [3.8, 4) is 0 Å². The van der Waals surface area contributed by atoms with E-state index in [0.717, 1.165) is 10.5 Å². The summed E-state index contributed by atoms with van der Waals surface area (Å²) in [6, 6.07) is 7.50. The number of rotatable bonds is 3. The number of hydrogen-bond donors (Lipinski definition) is 1. The molecule has 0 aliphatic rings. The molecule has 1 aromatic rings. The third-order valence-electron chi connectivity index (χ3n) is 2.15. The number of hydrogen-bond acceptors (Lipinski definition) is 2. The number of aliphatic hydroxyl groups excluding tert-OH is 1. The van der Waals surface area contributed by atoms with Crippen molar-refractivity contribution in [2.75, 3.05) is 0 Å². The highest BCUT2D eigenvalue weighted by atomic mass is 32.2. The fraction of sp³-hybridized carbons (Fsp3) is 0.333. The number of allylic oxidation sites excluding steroid dienone is 1. The van der Waals surface area contributed by atoms with Gasteiger partial charge in [-0.25, -0.2) is 4.21 Å². The van der Waals surface area contributed by atoms with E-state index < -0.39 is 16.9 Å². The molecule has 1 aromatic carbocycles. The summed E-state index contributed by atoms with van der Waals surface area (Å²) < 4.78 is 12.0. The molecule has 0 spiro atoms. The van der Waals surface area contributed by atoms with Gasteiger partial charge in [0.2, 0.25) is 0 Å². The molecule has 0 radical (unpaired) electrons. The lowest BCUT2D eigenvalue weighted by Crippen LogP contribution is -2.10. The molecule has 1 N–H and O–H groups in total. The summed E-state index contributed by atoms with van der Waals surface area (Å²) in [6.45, 7) is 5.40. The lowest BCUT2D eigenvalue weighted by atomic mass is 10.2. The van der Waals surface area contributed by atoms with Crippen LogP contribution in [0, 0.1) is 6.92 Å². The van der Waals surface area contributed by atoms with Crippen LogP contribution in [0.15, 0.2) is 40.1 Å². The van der Waals surface area contributed by atoms with Crippen molar-refractivity contribution in [3.05, 3.63) is 40.8 Å². The molecule has 2 atom stereocenters. The topological polar surface area (TPSA) is 37.3 Å². The zero-order chi connectivity index (χ0) is 11.4. The molecule has 0 amide bonds. The molecule has 0 aliphatic heterocycles. The molecule has 0 saturated carbocycles. The Bertz CT molecular complexity index is 377. The van der Waals surface area contributed by atoms with Crippen LogP contribution in [0.2, 0.25) is 0 Å². The maximum Gasteiger partial charge on any atom is 0.0845 e. The first-order valence-electron chi connectivity index (χ1n) is 4.89. The Morgan fingerprint density at radius 3 is 2.33 bits per heavy atom. The van der Waals surface area contributed by atoms with Gasteiger partial charge >= 0.3 is 0 Å². The zero-order valence-electron chi connectivity index (χ0n) is 9.23. The van der Waals surface area contributed by atoms with Crippen LogP contribution in [-0.4, -0.2) is 15.4 Å². The molecule has 0 saturated heterocycles. The summed E-state index contributed by atoms with van der Waals surface area (Å²) in [4.78, 5) is 1.29. The van der Waals surface area contributed by atoms with Crippen molar-refractivity contribution in [1.29, 1.82) is 0 Å². The Hall–Kier alpha value is -0.930. The molecule has 0 aromatic heterocycles. The van der Waals surface area contributed by atoms with Gasteiger partial charge in [-0.15, -0.1) is 0 Å². The van der Waals surface area contributed by atoms with Gasteiger partial charge < -0.3 is 5.11 Å². The van der Waals surface area contributed by atoms with Crippen molar-refractivity contribution < 1.29 is 9.32 Å². The highest BCUT2D eigenvalue weighted by molar-refractivity contribution is 7.89. The van der Waals surface area contributed by atoms with Gasteiger partial charge in [-0.3, -0.25) is 0 Å². The van der Waals surface area contributed by atoms with Crippen LogP contribution < -0.4 is 0 Å². The first-order valence-corrected chi connectivity index (χ1v) is 6.04. The quantitative estimate of drug-likeness (QED) is 0.856. The monoisotopic (exact) mass is 224 g/mol. The molecule has 2 nitrogen and oxygen atoms in total. The second kappa shape index (κ2) is 5.24. The average molecular weight is 224 g/mol. The Balaban J connectivity index is 2.99. The molecule has 82 valence electrons. The standard InChI is InChI=1S/C12H16O2S/c1-4-12(10(3)13)15(14)11-7-5-9(2)6-8-11/h4-8,10,13H,1-3H3/b12-4+/t10?,15-/m0/s1. The number of benzene rings is 1. The molecule has 0 fully saturated rings. The Morgan fingerprint density at radius 1 is 1.40 bits per heavy atom. The summed E-state index contributed by atoms with van der Waals surface area (Å²) in [5.41, 5.74) is 1.13. The first-order chi connectivity index (χ1) is 7.06. The number of aliphatic hydroxyl groups is 1. The van der Waals surface area contributed by atoms with Gasteiger partial charge in [-0.1, -0.05) is 23.8 Å². The van der Waals surface area contributed by atoms with Crippen LogP contribution in [0.3, 0.4) is 0 Å². The van der Waals surface area contributed by atoms with Crippen molar-refractivity contribution >= 4 is 10.8 Å². The summed E-state index contributed by atoms with van der Waals surface area (Å²) in [5, 5.41) is 9.44. The predicted molar refractivity (Wildman–Crippen MR) is 63.0 cm³/mol. The van der Waals surface area contributed by atoms with Gasteiger partial charge in [0.05, 0.1) is 16.9 Å². The second-order valence-corrected chi connectivity index (χ2v) is 4.93.